The minimum atomic E-state index is 0.481. The second-order valence-electron chi connectivity index (χ2n) is 6.16. The van der Waals surface area contributed by atoms with Gasteiger partial charge in [0.15, 0.2) is 0 Å². The van der Waals surface area contributed by atoms with Gasteiger partial charge in [0.05, 0.1) is 5.56 Å². The van der Waals surface area contributed by atoms with Gasteiger partial charge in [0.1, 0.15) is 11.9 Å². The lowest BCUT2D eigenvalue weighted by Gasteiger charge is -2.29. The van der Waals surface area contributed by atoms with Crippen LogP contribution in [0.4, 0.5) is 5.82 Å². The first-order valence-electron chi connectivity index (χ1n) is 8.02. The molecule has 0 atom stereocenters. The Morgan fingerprint density at radius 3 is 2.71 bits per heavy atom. The molecule has 1 heterocycles. The molecule has 1 fully saturated rings. The summed E-state index contributed by atoms with van der Waals surface area (Å²) in [5, 5.41) is 13.8. The molecule has 0 aromatic carbocycles. The van der Waals surface area contributed by atoms with Gasteiger partial charge in [-0.15, -0.1) is 0 Å². The molecule has 1 saturated carbocycles. The van der Waals surface area contributed by atoms with Gasteiger partial charge in [0.25, 0.3) is 0 Å². The van der Waals surface area contributed by atoms with Gasteiger partial charge in [0, 0.05) is 17.0 Å². The molecule has 0 unspecified atom stereocenters. The number of anilines is 1. The Bertz CT molecular complexity index is 542. The second-order valence-corrected chi connectivity index (χ2v) is 7.30. The van der Waals surface area contributed by atoms with Crippen molar-refractivity contribution >= 4 is 17.6 Å². The molecule has 0 aliphatic heterocycles. The number of hydrogen-bond donors (Lipinski definition) is 1. The van der Waals surface area contributed by atoms with Gasteiger partial charge < -0.3 is 5.32 Å². The normalized spacial score (nSPS) is 25.0. The Hall–Kier alpha value is -1.21. The zero-order valence-electron chi connectivity index (χ0n) is 12.7. The quantitative estimate of drug-likeness (QED) is 0.919. The zero-order valence-corrected chi connectivity index (χ0v) is 13.5. The lowest BCUT2D eigenvalue weighted by molar-refractivity contribution is 0.472. The molecule has 4 heteroatoms. The van der Waals surface area contributed by atoms with Gasteiger partial charge in [0.2, 0.25) is 0 Å². The summed E-state index contributed by atoms with van der Waals surface area (Å²) in [6, 6.07) is 4.87. The molecule has 3 rings (SSSR count). The first-order chi connectivity index (χ1) is 10.3. The number of nitrogens with zero attached hydrogens (tertiary/aromatic N) is 2. The van der Waals surface area contributed by atoms with Crippen molar-refractivity contribution < 1.29 is 0 Å². The number of pyridine rings is 1. The predicted octanol–water partition coefficient (Wildman–Crippen LogP) is 3.92. The van der Waals surface area contributed by atoms with Gasteiger partial charge in [-0.25, -0.2) is 4.98 Å². The van der Waals surface area contributed by atoms with E-state index < -0.39 is 0 Å². The van der Waals surface area contributed by atoms with Crippen LogP contribution in [0.5, 0.6) is 0 Å². The molecular weight excluding hydrogens is 278 g/mol. The molecule has 1 N–H and O–H groups in total. The van der Waals surface area contributed by atoms with Crippen molar-refractivity contribution in [3.8, 4) is 6.07 Å². The summed E-state index contributed by atoms with van der Waals surface area (Å²) in [5.41, 5.74) is 3.22. The Kier molecular flexibility index (Phi) is 4.70. The number of rotatable bonds is 3. The van der Waals surface area contributed by atoms with Gasteiger partial charge >= 0.3 is 0 Å². The molecule has 1 aromatic heterocycles. The topological polar surface area (TPSA) is 48.7 Å². The second kappa shape index (κ2) is 6.70. The molecule has 2 aliphatic carbocycles. The van der Waals surface area contributed by atoms with Crippen molar-refractivity contribution in [3.05, 3.63) is 22.9 Å². The smallest absolute Gasteiger partial charge is 0.144 e. The number of nitrogens with one attached hydrogen (secondary N) is 1. The van der Waals surface area contributed by atoms with E-state index in [1.165, 1.54) is 49.8 Å². The molecule has 0 spiro atoms. The number of aryl methyl sites for hydroxylation is 2. The van der Waals surface area contributed by atoms with Crippen LogP contribution in [-0.2, 0) is 12.8 Å². The van der Waals surface area contributed by atoms with Crippen LogP contribution < -0.4 is 5.32 Å². The minimum Gasteiger partial charge on any atom is -0.366 e. The average Bonchev–Trinajstić information content (AvgIpc) is 2.55. The first kappa shape index (κ1) is 14.7. The zero-order chi connectivity index (χ0) is 14.7. The first-order valence-corrected chi connectivity index (χ1v) is 9.31. The van der Waals surface area contributed by atoms with Gasteiger partial charge in [-0.2, -0.15) is 17.0 Å². The largest absolute Gasteiger partial charge is 0.366 e. The standard InChI is InChI=1S/C17H23N3S/c1-21-15-8-6-14(7-9-15)19-17-13(11-18)10-12-4-2-3-5-16(12)20-17/h10,14-15H,2-9H2,1H3,(H,19,20). The summed E-state index contributed by atoms with van der Waals surface area (Å²) in [5.74, 6) is 0.825. The van der Waals surface area contributed by atoms with E-state index in [2.05, 4.69) is 23.7 Å². The van der Waals surface area contributed by atoms with E-state index in [1.54, 1.807) is 0 Å². The van der Waals surface area contributed by atoms with Gasteiger partial charge in [-0.1, -0.05) is 0 Å². The van der Waals surface area contributed by atoms with E-state index >= 15 is 0 Å². The number of thioether (sulfide) groups is 1. The van der Waals surface area contributed by atoms with E-state index in [-0.39, 0.29) is 0 Å². The summed E-state index contributed by atoms with van der Waals surface area (Å²) in [6.07, 6.45) is 11.7. The number of nitriles is 1. The number of hydrogen-bond acceptors (Lipinski definition) is 4. The maximum atomic E-state index is 9.40. The highest BCUT2D eigenvalue weighted by Gasteiger charge is 2.22. The molecule has 0 bridgehead atoms. The fourth-order valence-corrected chi connectivity index (χ4v) is 4.21. The summed E-state index contributed by atoms with van der Waals surface area (Å²) < 4.78 is 0. The molecular formula is C17H23N3S. The van der Waals surface area contributed by atoms with Crippen LogP contribution >= 0.6 is 11.8 Å². The van der Waals surface area contributed by atoms with Gasteiger partial charge in [-0.05, 0) is 69.3 Å². The Morgan fingerprint density at radius 1 is 1.24 bits per heavy atom. The molecule has 112 valence electrons. The fourth-order valence-electron chi connectivity index (χ4n) is 3.47. The highest BCUT2D eigenvalue weighted by atomic mass is 32.2. The fraction of sp³-hybridized carbons (Fsp3) is 0.647. The molecule has 1 aromatic rings. The van der Waals surface area contributed by atoms with Crippen molar-refractivity contribution in [1.82, 2.24) is 4.98 Å². The van der Waals surface area contributed by atoms with Crippen LogP contribution in [0.3, 0.4) is 0 Å². The Labute approximate surface area is 131 Å². The lowest BCUT2D eigenvalue weighted by Crippen LogP contribution is -2.28. The molecule has 3 nitrogen and oxygen atoms in total. The van der Waals surface area contributed by atoms with E-state index in [9.17, 15) is 5.26 Å². The van der Waals surface area contributed by atoms with Crippen LogP contribution in [0.15, 0.2) is 6.07 Å². The van der Waals surface area contributed by atoms with Crippen molar-refractivity contribution in [2.24, 2.45) is 0 Å². The van der Waals surface area contributed by atoms with Crippen molar-refractivity contribution in [3.63, 3.8) is 0 Å². The van der Waals surface area contributed by atoms with Crippen molar-refractivity contribution in [2.45, 2.75) is 62.7 Å². The van der Waals surface area contributed by atoms with Crippen molar-refractivity contribution in [1.29, 1.82) is 5.26 Å². The third kappa shape index (κ3) is 3.35. The summed E-state index contributed by atoms with van der Waals surface area (Å²) in [7, 11) is 0. The van der Waals surface area contributed by atoms with Gasteiger partial charge in [-0.3, -0.25) is 0 Å². The highest BCUT2D eigenvalue weighted by Crippen LogP contribution is 2.30. The lowest BCUT2D eigenvalue weighted by atomic mass is 9.93. The maximum Gasteiger partial charge on any atom is 0.144 e. The Morgan fingerprint density at radius 2 is 2.00 bits per heavy atom. The molecule has 2 aliphatic rings. The van der Waals surface area contributed by atoms with E-state index in [1.807, 2.05) is 11.8 Å². The van der Waals surface area contributed by atoms with E-state index in [0.29, 0.717) is 6.04 Å². The third-order valence-corrected chi connectivity index (χ3v) is 5.91. The monoisotopic (exact) mass is 301 g/mol. The molecule has 0 saturated heterocycles. The molecule has 21 heavy (non-hydrogen) atoms. The maximum absolute atomic E-state index is 9.40. The predicted molar refractivity (Wildman–Crippen MR) is 88.8 cm³/mol. The van der Waals surface area contributed by atoms with Crippen LogP contribution in [0.25, 0.3) is 0 Å². The number of fused-ring (bicyclic) bond motifs is 1. The van der Waals surface area contributed by atoms with Crippen LogP contribution in [0.2, 0.25) is 0 Å². The van der Waals surface area contributed by atoms with E-state index in [4.69, 9.17) is 4.98 Å². The highest BCUT2D eigenvalue weighted by molar-refractivity contribution is 7.99. The average molecular weight is 301 g/mol. The molecule has 0 radical (unpaired) electrons. The van der Waals surface area contributed by atoms with Crippen LogP contribution in [0.1, 0.15) is 55.3 Å². The van der Waals surface area contributed by atoms with Crippen LogP contribution in [0, 0.1) is 11.3 Å². The Balaban J connectivity index is 1.74. The molecule has 0 amide bonds. The number of aromatic nitrogens is 1. The third-order valence-electron chi connectivity index (χ3n) is 4.77. The summed E-state index contributed by atoms with van der Waals surface area (Å²) >= 11 is 1.98. The minimum absolute atomic E-state index is 0.481. The summed E-state index contributed by atoms with van der Waals surface area (Å²) in [6.45, 7) is 0. The van der Waals surface area contributed by atoms with Crippen LogP contribution in [-0.4, -0.2) is 22.5 Å². The summed E-state index contributed by atoms with van der Waals surface area (Å²) in [4.78, 5) is 4.78. The van der Waals surface area contributed by atoms with E-state index in [0.717, 1.165) is 29.5 Å². The van der Waals surface area contributed by atoms with Crippen molar-refractivity contribution in [2.75, 3.05) is 11.6 Å². The SMILES string of the molecule is CSC1CCC(Nc2nc3c(cc2C#N)CCCC3)CC1.